The van der Waals surface area contributed by atoms with E-state index in [-0.39, 0.29) is 13.0 Å². The van der Waals surface area contributed by atoms with Crippen molar-refractivity contribution in [3.63, 3.8) is 0 Å². The molecule has 1 rings (SSSR count). The summed E-state index contributed by atoms with van der Waals surface area (Å²) in [6, 6.07) is -1.03. The Morgan fingerprint density at radius 1 is 0.481 bits per heavy atom. The molecule has 0 bridgehead atoms. The highest BCUT2D eigenvalue weighted by atomic mass is 16.7. The van der Waals surface area contributed by atoms with Gasteiger partial charge in [0.05, 0.1) is 25.4 Å². The lowest BCUT2D eigenvalue weighted by Crippen LogP contribution is -2.61. The Morgan fingerprint density at radius 3 is 1.30 bits per heavy atom. The zero-order valence-corrected chi connectivity index (χ0v) is 52.7. The van der Waals surface area contributed by atoms with Gasteiger partial charge >= 0.3 is 5.97 Å². The third-order valence-corrected chi connectivity index (χ3v) is 16.2. The molecule has 81 heavy (non-hydrogen) atoms. The first-order valence-corrected chi connectivity index (χ1v) is 34.4. The van der Waals surface area contributed by atoms with Gasteiger partial charge in [-0.3, -0.25) is 9.59 Å². The molecule has 8 atom stereocenters. The van der Waals surface area contributed by atoms with Crippen LogP contribution in [0.25, 0.3) is 0 Å². The van der Waals surface area contributed by atoms with E-state index in [1.54, 1.807) is 6.08 Å². The number of allylic oxidation sites excluding steroid dienone is 7. The molecule has 1 amide bonds. The minimum absolute atomic E-state index is 0.105. The molecular weight excluding hydrogens is 1010 g/mol. The van der Waals surface area contributed by atoms with Crippen LogP contribution >= 0.6 is 0 Å². The summed E-state index contributed by atoms with van der Waals surface area (Å²) in [5.74, 6) is -1.20. The molecule has 0 spiro atoms. The SMILES string of the molecule is CCCCC/C=C\C/C=C\CCCCCCCCCCCCCCCCCCC(O)C(=O)NC(COC1OC(CO)C(O)C(O)C1OC(=O)CCCCC/C=C\CCCCCCCC)C(O)/C=C/CCCCCCCCCCCCC. The zero-order chi connectivity index (χ0) is 58.9. The molecule has 1 heterocycles. The number of carbonyl (C=O) groups is 2. The van der Waals surface area contributed by atoms with Crippen LogP contribution in [0.1, 0.15) is 323 Å². The van der Waals surface area contributed by atoms with Crippen LogP contribution in [0.4, 0.5) is 0 Å². The van der Waals surface area contributed by atoms with Gasteiger partial charge in [0, 0.05) is 6.42 Å². The van der Waals surface area contributed by atoms with Crippen LogP contribution < -0.4 is 5.32 Å². The summed E-state index contributed by atoms with van der Waals surface area (Å²) in [5.41, 5.74) is 0. The third kappa shape index (κ3) is 45.6. The molecule has 0 aromatic heterocycles. The van der Waals surface area contributed by atoms with E-state index >= 15 is 0 Å². The maximum absolute atomic E-state index is 13.5. The number of unbranched alkanes of at least 4 members (excludes halogenated alkanes) is 39. The first-order chi connectivity index (χ1) is 39.7. The Balaban J connectivity index is 2.57. The monoisotopic (exact) mass is 1140 g/mol. The van der Waals surface area contributed by atoms with Gasteiger partial charge in [0.1, 0.15) is 24.4 Å². The lowest BCUT2D eigenvalue weighted by Gasteiger charge is -2.41. The van der Waals surface area contributed by atoms with Crippen molar-refractivity contribution in [2.45, 2.75) is 372 Å². The number of carbonyl (C=O) groups excluding carboxylic acids is 2. The van der Waals surface area contributed by atoms with E-state index in [0.717, 1.165) is 70.6 Å². The van der Waals surface area contributed by atoms with Gasteiger partial charge in [-0.25, -0.2) is 0 Å². The topological polar surface area (TPSA) is 175 Å². The zero-order valence-electron chi connectivity index (χ0n) is 52.7. The first-order valence-electron chi connectivity index (χ1n) is 34.4. The largest absolute Gasteiger partial charge is 0.454 e. The van der Waals surface area contributed by atoms with E-state index in [2.05, 4.69) is 62.5 Å². The molecule has 1 aliphatic heterocycles. The van der Waals surface area contributed by atoms with Gasteiger partial charge in [0.2, 0.25) is 5.91 Å². The molecule has 0 saturated carbocycles. The number of rotatable bonds is 59. The molecule has 1 aliphatic rings. The Bertz CT molecular complexity index is 1500. The number of aliphatic hydroxyl groups excluding tert-OH is 5. The lowest BCUT2D eigenvalue weighted by atomic mass is 9.99. The second-order valence-electron chi connectivity index (χ2n) is 23.9. The van der Waals surface area contributed by atoms with Gasteiger partial charge < -0.3 is 45.1 Å². The number of hydrogen-bond acceptors (Lipinski definition) is 10. The van der Waals surface area contributed by atoms with E-state index in [4.69, 9.17) is 14.2 Å². The van der Waals surface area contributed by atoms with E-state index in [9.17, 15) is 35.1 Å². The second kappa shape index (κ2) is 58.0. The molecule has 11 nitrogen and oxygen atoms in total. The molecule has 1 saturated heterocycles. The number of ether oxygens (including phenoxy) is 3. The standard InChI is InChI=1S/C70H129NO10/c1-4-7-10-13-16-19-22-25-26-27-28-29-30-31-32-33-34-35-36-37-40-42-45-48-51-54-57-63(74)69(78)71-61(62(73)56-53-50-47-44-41-38-23-20-17-14-11-8-5-2)60-79-70-68(67(77)66(76)64(59-72)80-70)81-65(75)58-55-52-49-46-43-39-24-21-18-15-12-9-6-3/h16,19,25-26,39,43,53,56,61-64,66-68,70,72-74,76-77H,4-15,17-18,20-24,27-38,40-42,44-52,54-55,57-60H2,1-3H3,(H,71,78)/b19-16-,26-25-,43-39-,56-53+. The van der Waals surface area contributed by atoms with Gasteiger partial charge in [-0.05, 0) is 83.5 Å². The minimum atomic E-state index is -1.62. The summed E-state index contributed by atoms with van der Waals surface area (Å²) in [4.78, 5) is 26.6. The maximum atomic E-state index is 13.5. The van der Waals surface area contributed by atoms with Crippen LogP contribution in [-0.2, 0) is 23.8 Å². The molecule has 0 radical (unpaired) electrons. The van der Waals surface area contributed by atoms with Crippen LogP contribution in [0.3, 0.4) is 0 Å². The fourth-order valence-corrected chi connectivity index (χ4v) is 10.7. The van der Waals surface area contributed by atoms with Crippen LogP contribution in [0.5, 0.6) is 0 Å². The van der Waals surface area contributed by atoms with E-state index in [1.807, 2.05) is 6.08 Å². The Morgan fingerprint density at radius 2 is 0.852 bits per heavy atom. The molecular formula is C70H129NO10. The normalized spacial score (nSPS) is 18.9. The number of hydrogen-bond donors (Lipinski definition) is 6. The first kappa shape index (κ1) is 76.6. The van der Waals surface area contributed by atoms with E-state index < -0.39 is 67.4 Å². The molecule has 474 valence electrons. The highest BCUT2D eigenvalue weighted by Crippen LogP contribution is 2.26. The van der Waals surface area contributed by atoms with E-state index in [0.29, 0.717) is 19.3 Å². The average Bonchev–Trinajstić information content (AvgIpc) is 3.52. The molecule has 6 N–H and O–H groups in total. The van der Waals surface area contributed by atoms with Crippen molar-refractivity contribution in [1.82, 2.24) is 5.32 Å². The summed E-state index contributed by atoms with van der Waals surface area (Å²) in [6.45, 7) is 5.78. The second-order valence-corrected chi connectivity index (χ2v) is 23.9. The molecule has 0 aromatic carbocycles. The summed E-state index contributed by atoms with van der Waals surface area (Å²) in [7, 11) is 0. The van der Waals surface area contributed by atoms with Crippen molar-refractivity contribution >= 4 is 11.9 Å². The van der Waals surface area contributed by atoms with Gasteiger partial charge in [0.15, 0.2) is 12.4 Å². The molecule has 0 aliphatic carbocycles. The number of aliphatic hydroxyl groups is 5. The molecule has 0 aromatic rings. The van der Waals surface area contributed by atoms with Gasteiger partial charge in [-0.15, -0.1) is 0 Å². The minimum Gasteiger partial charge on any atom is -0.454 e. The molecule has 8 unspecified atom stereocenters. The fraction of sp³-hybridized carbons (Fsp3) is 0.857. The van der Waals surface area contributed by atoms with E-state index in [1.165, 1.54) is 205 Å². The predicted molar refractivity (Wildman–Crippen MR) is 338 cm³/mol. The highest BCUT2D eigenvalue weighted by molar-refractivity contribution is 5.80. The summed E-state index contributed by atoms with van der Waals surface area (Å²) >= 11 is 0. The van der Waals surface area contributed by atoms with Crippen molar-refractivity contribution in [3.8, 4) is 0 Å². The predicted octanol–water partition coefficient (Wildman–Crippen LogP) is 17.2. The number of amides is 1. The quantitative estimate of drug-likeness (QED) is 0.0195. The average molecular weight is 1140 g/mol. The maximum Gasteiger partial charge on any atom is 0.306 e. The van der Waals surface area contributed by atoms with Crippen LogP contribution in [0.15, 0.2) is 48.6 Å². The van der Waals surface area contributed by atoms with Crippen LogP contribution in [0.2, 0.25) is 0 Å². The van der Waals surface area contributed by atoms with Gasteiger partial charge in [0.25, 0.3) is 0 Å². The fourth-order valence-electron chi connectivity index (χ4n) is 10.7. The highest BCUT2D eigenvalue weighted by Gasteiger charge is 2.47. The third-order valence-electron chi connectivity index (χ3n) is 16.2. The summed E-state index contributed by atoms with van der Waals surface area (Å²) in [5, 5.41) is 57.1. The smallest absolute Gasteiger partial charge is 0.306 e. The lowest BCUT2D eigenvalue weighted by molar-refractivity contribution is -0.305. The van der Waals surface area contributed by atoms with Crippen molar-refractivity contribution in [2.24, 2.45) is 0 Å². The number of esters is 1. The molecule has 1 fully saturated rings. The Hall–Kier alpha value is -2.38. The Kier molecular flexibility index (Phi) is 54.9. The van der Waals surface area contributed by atoms with Crippen LogP contribution in [-0.4, -0.2) is 99.6 Å². The van der Waals surface area contributed by atoms with Crippen molar-refractivity contribution in [3.05, 3.63) is 48.6 Å². The van der Waals surface area contributed by atoms with Crippen molar-refractivity contribution < 1.29 is 49.3 Å². The van der Waals surface area contributed by atoms with Crippen LogP contribution in [0, 0.1) is 0 Å². The number of nitrogens with one attached hydrogen (secondary N) is 1. The molecule has 11 heteroatoms. The van der Waals surface area contributed by atoms with Crippen molar-refractivity contribution in [2.75, 3.05) is 13.2 Å². The van der Waals surface area contributed by atoms with Gasteiger partial charge in [-0.2, -0.15) is 0 Å². The summed E-state index contributed by atoms with van der Waals surface area (Å²) in [6.07, 6.45) is 61.6. The summed E-state index contributed by atoms with van der Waals surface area (Å²) < 4.78 is 17.6. The van der Waals surface area contributed by atoms with Gasteiger partial charge in [-0.1, -0.05) is 281 Å². The van der Waals surface area contributed by atoms with Crippen molar-refractivity contribution in [1.29, 1.82) is 0 Å². The Labute approximate surface area is 497 Å².